The molecule has 1 heterocycles. The molecule has 0 aromatic carbocycles. The second kappa shape index (κ2) is 10.8. The molecule has 0 radical (unpaired) electrons. The lowest BCUT2D eigenvalue weighted by Crippen LogP contribution is -2.40. The molecule has 1 saturated carbocycles. The lowest BCUT2D eigenvalue weighted by molar-refractivity contribution is -0.117. The molecule has 0 bridgehead atoms. The highest BCUT2D eigenvalue weighted by Gasteiger charge is 2.30. The second-order valence-electron chi connectivity index (χ2n) is 9.93. The third-order valence-electron chi connectivity index (χ3n) is 6.14. The Morgan fingerprint density at radius 2 is 1.65 bits per heavy atom. The van der Waals surface area contributed by atoms with Crippen LogP contribution in [-0.4, -0.2) is 41.6 Å². The number of nitrogens with one attached hydrogen (secondary N) is 1. The smallest absolute Gasteiger partial charge is 0.410 e. The monoisotopic (exact) mass is 426 g/mol. The van der Waals surface area contributed by atoms with Crippen LogP contribution >= 0.6 is 0 Å². The van der Waals surface area contributed by atoms with E-state index in [1.165, 1.54) is 50.5 Å². The maximum Gasteiger partial charge on any atom is 0.410 e. The van der Waals surface area contributed by atoms with Gasteiger partial charge in [-0.2, -0.15) is 0 Å². The van der Waals surface area contributed by atoms with Gasteiger partial charge in [0.2, 0.25) is 0 Å². The third kappa shape index (κ3) is 7.41. The molecule has 170 valence electrons. The number of amides is 2. The molecule has 0 aromatic rings. The van der Waals surface area contributed by atoms with E-state index >= 15 is 0 Å². The van der Waals surface area contributed by atoms with Crippen molar-refractivity contribution in [2.45, 2.75) is 83.8 Å². The fourth-order valence-corrected chi connectivity index (χ4v) is 4.49. The lowest BCUT2D eigenvalue weighted by Gasteiger charge is -2.24. The Kier molecular flexibility index (Phi) is 8.16. The predicted octanol–water partition coefficient (Wildman–Crippen LogP) is 5.45. The SMILES string of the molecule is CC(C)(C)OC(=O)N1CC[C@@H](NC(=O)C2=C/C=C\C(C3CCCCCCC3)=C/C=C\2)C1. The van der Waals surface area contributed by atoms with Gasteiger partial charge in [-0.15, -0.1) is 0 Å². The molecule has 2 fully saturated rings. The summed E-state index contributed by atoms with van der Waals surface area (Å²) >= 11 is 0. The van der Waals surface area contributed by atoms with E-state index in [0.717, 1.165) is 6.42 Å². The van der Waals surface area contributed by atoms with Crippen LogP contribution in [0, 0.1) is 5.92 Å². The van der Waals surface area contributed by atoms with Crippen LogP contribution in [0.1, 0.15) is 72.1 Å². The van der Waals surface area contributed by atoms with Crippen LogP contribution in [0.3, 0.4) is 0 Å². The molecule has 5 heteroatoms. The Labute approximate surface area is 187 Å². The van der Waals surface area contributed by atoms with Gasteiger partial charge >= 0.3 is 6.09 Å². The first-order valence-corrected chi connectivity index (χ1v) is 11.9. The van der Waals surface area contributed by atoms with Crippen molar-refractivity contribution >= 4 is 12.0 Å². The first-order chi connectivity index (χ1) is 14.8. The molecule has 1 aliphatic heterocycles. The van der Waals surface area contributed by atoms with Crippen LogP contribution in [0.5, 0.6) is 0 Å². The fourth-order valence-electron chi connectivity index (χ4n) is 4.49. The van der Waals surface area contributed by atoms with Crippen molar-refractivity contribution in [3.05, 3.63) is 47.6 Å². The van der Waals surface area contributed by atoms with Crippen LogP contribution in [-0.2, 0) is 9.53 Å². The molecule has 0 spiro atoms. The number of likely N-dealkylation sites (tertiary alicyclic amines) is 1. The molecule has 2 amide bonds. The summed E-state index contributed by atoms with van der Waals surface area (Å²) in [5.41, 5.74) is 1.50. The van der Waals surface area contributed by atoms with Crippen LogP contribution < -0.4 is 5.32 Å². The summed E-state index contributed by atoms with van der Waals surface area (Å²) in [5, 5.41) is 3.07. The zero-order valence-corrected chi connectivity index (χ0v) is 19.4. The minimum absolute atomic E-state index is 0.0511. The molecule has 5 nitrogen and oxygen atoms in total. The summed E-state index contributed by atoms with van der Waals surface area (Å²) < 4.78 is 5.43. The van der Waals surface area contributed by atoms with Gasteiger partial charge < -0.3 is 15.0 Å². The maximum absolute atomic E-state index is 12.8. The summed E-state index contributed by atoms with van der Waals surface area (Å²) in [4.78, 5) is 26.7. The van der Waals surface area contributed by atoms with E-state index in [1.54, 1.807) is 4.90 Å². The largest absolute Gasteiger partial charge is 0.444 e. The molecule has 0 unspecified atom stereocenters. The van der Waals surface area contributed by atoms with Gasteiger partial charge in [-0.25, -0.2) is 4.79 Å². The Morgan fingerprint density at radius 1 is 0.968 bits per heavy atom. The van der Waals surface area contributed by atoms with Crippen molar-refractivity contribution in [1.82, 2.24) is 10.2 Å². The van der Waals surface area contributed by atoms with Gasteiger partial charge in [0.05, 0.1) is 0 Å². The molecular formula is C26H38N2O3. The highest BCUT2D eigenvalue weighted by Crippen LogP contribution is 2.29. The molecule has 3 rings (SSSR count). The standard InChI is InChI=1S/C26H38N2O3/c1-26(2,3)31-25(30)28-18-17-23(19-28)27-24(29)22-15-9-13-21(14-10-16-22)20-11-7-5-4-6-8-12-20/h9-10,13-16,20,23H,4-8,11-12,17-19H2,1-3H3,(H,27,29)/b13-9-,14-10?,15-9?,16-10-,21-13?,21-14+,22-15+,22-16?/t23-/m1/s1. The number of nitrogens with zero attached hydrogens (tertiary/aromatic N) is 1. The van der Waals surface area contributed by atoms with Gasteiger partial charge in [-0.1, -0.05) is 56.4 Å². The zero-order valence-electron chi connectivity index (χ0n) is 19.4. The Bertz CT molecular complexity index is 762. The van der Waals surface area contributed by atoms with Gasteiger partial charge in [0.25, 0.3) is 5.91 Å². The van der Waals surface area contributed by atoms with E-state index in [1.807, 2.05) is 45.1 Å². The van der Waals surface area contributed by atoms with Crippen molar-refractivity contribution in [1.29, 1.82) is 0 Å². The summed E-state index contributed by atoms with van der Waals surface area (Å²) in [6, 6.07) is -0.0511. The minimum atomic E-state index is -0.512. The number of carbonyl (C=O) groups is 2. The average molecular weight is 427 g/mol. The predicted molar refractivity (Wildman–Crippen MR) is 125 cm³/mol. The van der Waals surface area contributed by atoms with E-state index in [0.29, 0.717) is 24.6 Å². The molecule has 0 aromatic heterocycles. The molecular weight excluding hydrogens is 388 g/mol. The average Bonchev–Trinajstić information content (AvgIpc) is 3.09. The normalized spacial score (nSPS) is 28.6. The quantitative estimate of drug-likeness (QED) is 0.653. The Hall–Kier alpha value is -2.30. The van der Waals surface area contributed by atoms with Gasteiger partial charge in [0, 0.05) is 24.7 Å². The molecule has 31 heavy (non-hydrogen) atoms. The van der Waals surface area contributed by atoms with Crippen LogP contribution in [0.15, 0.2) is 47.6 Å². The van der Waals surface area contributed by atoms with Crippen LogP contribution in [0.4, 0.5) is 4.79 Å². The summed E-state index contributed by atoms with van der Waals surface area (Å²) in [6.45, 7) is 6.66. The zero-order chi connectivity index (χ0) is 22.3. The summed E-state index contributed by atoms with van der Waals surface area (Å²) in [5.74, 6) is 0.530. The van der Waals surface area contributed by atoms with Gasteiger partial charge in [0.1, 0.15) is 5.60 Å². The lowest BCUT2D eigenvalue weighted by atomic mass is 9.85. The molecule has 2 aliphatic carbocycles. The number of ether oxygens (including phenoxy) is 1. The van der Waals surface area contributed by atoms with Gasteiger partial charge in [-0.3, -0.25) is 4.79 Å². The number of carbonyl (C=O) groups excluding carboxylic acids is 2. The summed E-state index contributed by atoms with van der Waals surface area (Å²) in [6.07, 6.45) is 21.8. The van der Waals surface area contributed by atoms with Crippen molar-refractivity contribution in [2.24, 2.45) is 5.92 Å². The van der Waals surface area contributed by atoms with Crippen LogP contribution in [0.2, 0.25) is 0 Å². The van der Waals surface area contributed by atoms with Crippen molar-refractivity contribution < 1.29 is 14.3 Å². The highest BCUT2D eigenvalue weighted by molar-refractivity contribution is 5.96. The number of hydrogen-bond donors (Lipinski definition) is 1. The third-order valence-corrected chi connectivity index (χ3v) is 6.14. The van der Waals surface area contributed by atoms with E-state index in [9.17, 15) is 9.59 Å². The molecule has 1 saturated heterocycles. The van der Waals surface area contributed by atoms with Gasteiger partial charge in [-0.05, 0) is 63.7 Å². The van der Waals surface area contributed by atoms with Gasteiger partial charge in [0.15, 0.2) is 0 Å². The number of allylic oxidation sites excluding steroid dienone is 6. The second-order valence-corrected chi connectivity index (χ2v) is 9.93. The van der Waals surface area contributed by atoms with Crippen LogP contribution in [0.25, 0.3) is 0 Å². The molecule has 1 N–H and O–H groups in total. The Morgan fingerprint density at radius 3 is 2.35 bits per heavy atom. The van der Waals surface area contributed by atoms with E-state index in [2.05, 4.69) is 17.5 Å². The fraction of sp³-hybridized carbons (Fsp3) is 0.615. The highest BCUT2D eigenvalue weighted by atomic mass is 16.6. The maximum atomic E-state index is 12.8. The molecule has 1 atom stereocenters. The summed E-state index contributed by atoms with van der Waals surface area (Å²) in [7, 11) is 0. The minimum Gasteiger partial charge on any atom is -0.444 e. The first-order valence-electron chi connectivity index (χ1n) is 11.9. The van der Waals surface area contributed by atoms with Crippen molar-refractivity contribution in [2.75, 3.05) is 13.1 Å². The number of rotatable bonds is 3. The van der Waals surface area contributed by atoms with Crippen molar-refractivity contribution in [3.63, 3.8) is 0 Å². The van der Waals surface area contributed by atoms with Crippen molar-refractivity contribution in [3.8, 4) is 0 Å². The van der Waals surface area contributed by atoms with E-state index < -0.39 is 5.60 Å². The van der Waals surface area contributed by atoms with E-state index in [-0.39, 0.29) is 18.0 Å². The molecule has 3 aliphatic rings. The number of hydrogen-bond acceptors (Lipinski definition) is 3. The van der Waals surface area contributed by atoms with E-state index in [4.69, 9.17) is 4.74 Å². The Balaban J connectivity index is 1.52. The first kappa shape index (κ1) is 23.4. The topological polar surface area (TPSA) is 58.6 Å².